The van der Waals surface area contributed by atoms with E-state index in [1.807, 2.05) is 24.3 Å². The maximum atomic E-state index is 6.38. The quantitative estimate of drug-likeness (QED) is 0.444. The summed E-state index contributed by atoms with van der Waals surface area (Å²) in [5, 5.41) is 8.49. The van der Waals surface area contributed by atoms with E-state index in [0.717, 1.165) is 11.3 Å². The van der Waals surface area contributed by atoms with E-state index in [1.54, 1.807) is 38.2 Å². The molecule has 0 saturated heterocycles. The Labute approximate surface area is 183 Å². The van der Waals surface area contributed by atoms with Crippen LogP contribution in [-0.4, -0.2) is 41.0 Å². The molecule has 0 aliphatic carbocycles. The second-order valence-electron chi connectivity index (χ2n) is 6.61. The average molecular weight is 441 g/mol. The van der Waals surface area contributed by atoms with Crippen molar-refractivity contribution < 1.29 is 14.2 Å². The summed E-state index contributed by atoms with van der Waals surface area (Å²) in [4.78, 5) is 8.63. The Morgan fingerprint density at radius 3 is 2.52 bits per heavy atom. The molecule has 4 aromatic rings. The van der Waals surface area contributed by atoms with E-state index in [2.05, 4.69) is 20.4 Å². The summed E-state index contributed by atoms with van der Waals surface area (Å²) in [5.74, 6) is 2.34. The fourth-order valence-corrected chi connectivity index (χ4v) is 3.43. The van der Waals surface area contributed by atoms with Crippen LogP contribution in [0.2, 0.25) is 5.02 Å². The number of methoxy groups -OCH3 is 2. The molecule has 0 fully saturated rings. The van der Waals surface area contributed by atoms with Crippen LogP contribution in [0.25, 0.3) is 11.0 Å². The molecule has 0 aliphatic heterocycles. The maximum Gasteiger partial charge on any atom is 0.242 e. The van der Waals surface area contributed by atoms with Crippen molar-refractivity contribution in [1.82, 2.24) is 19.7 Å². The number of rotatable bonds is 7. The van der Waals surface area contributed by atoms with Gasteiger partial charge in [0, 0.05) is 7.05 Å². The number of aromatic nitrogens is 4. The van der Waals surface area contributed by atoms with E-state index in [0.29, 0.717) is 45.7 Å². The van der Waals surface area contributed by atoms with Gasteiger partial charge in [0.25, 0.3) is 0 Å². The fraction of sp³-hybridized carbons (Fsp3) is 0.190. The van der Waals surface area contributed by atoms with Crippen LogP contribution in [0.5, 0.6) is 23.1 Å². The summed E-state index contributed by atoms with van der Waals surface area (Å²) in [6.45, 7) is 0.524. The normalized spacial score (nSPS) is 10.8. The third-order valence-corrected chi connectivity index (χ3v) is 5.08. The molecular formula is C21H21ClN6O3. The van der Waals surface area contributed by atoms with Crippen molar-refractivity contribution in [3.63, 3.8) is 0 Å². The first kappa shape index (κ1) is 20.5. The molecule has 0 amide bonds. The van der Waals surface area contributed by atoms with Crippen molar-refractivity contribution in [3.8, 4) is 23.1 Å². The van der Waals surface area contributed by atoms with Crippen molar-refractivity contribution >= 4 is 34.1 Å². The number of fused-ring (bicyclic) bond motifs is 1. The first-order chi connectivity index (χ1) is 15.0. The van der Waals surface area contributed by atoms with Crippen LogP contribution < -0.4 is 25.3 Å². The SMILES string of the molecule is CNc1c(N)ncc(Oc2cnc3c(c2)c(OC)nn3Cc2ccc(OC)cc2)c1Cl. The van der Waals surface area contributed by atoms with Gasteiger partial charge in [0.1, 0.15) is 22.3 Å². The van der Waals surface area contributed by atoms with E-state index < -0.39 is 0 Å². The number of nitrogens with zero attached hydrogens (tertiary/aromatic N) is 4. The minimum atomic E-state index is 0.287. The molecule has 10 heteroatoms. The zero-order valence-electron chi connectivity index (χ0n) is 17.2. The highest BCUT2D eigenvalue weighted by atomic mass is 35.5. The lowest BCUT2D eigenvalue weighted by Gasteiger charge is -2.12. The molecule has 4 rings (SSSR count). The number of nitrogen functional groups attached to an aromatic ring is 1. The zero-order chi connectivity index (χ0) is 22.0. The summed E-state index contributed by atoms with van der Waals surface area (Å²) in [7, 11) is 4.91. The highest BCUT2D eigenvalue weighted by Crippen LogP contribution is 2.38. The minimum Gasteiger partial charge on any atom is -0.497 e. The molecule has 0 atom stereocenters. The Kier molecular flexibility index (Phi) is 5.68. The summed E-state index contributed by atoms with van der Waals surface area (Å²) in [6, 6.07) is 9.56. The van der Waals surface area contributed by atoms with Gasteiger partial charge in [0.05, 0.1) is 44.2 Å². The molecule has 31 heavy (non-hydrogen) atoms. The lowest BCUT2D eigenvalue weighted by molar-refractivity contribution is 0.394. The molecule has 0 unspecified atom stereocenters. The zero-order valence-corrected chi connectivity index (χ0v) is 18.0. The van der Waals surface area contributed by atoms with Gasteiger partial charge in [-0.15, -0.1) is 5.10 Å². The lowest BCUT2D eigenvalue weighted by atomic mass is 10.2. The van der Waals surface area contributed by atoms with Gasteiger partial charge >= 0.3 is 0 Å². The van der Waals surface area contributed by atoms with Gasteiger partial charge in [-0.05, 0) is 23.8 Å². The molecule has 3 heterocycles. The van der Waals surface area contributed by atoms with E-state index in [9.17, 15) is 0 Å². The number of nitrogens with two attached hydrogens (primary N) is 1. The molecule has 160 valence electrons. The monoisotopic (exact) mass is 440 g/mol. The number of ether oxygens (including phenoxy) is 3. The van der Waals surface area contributed by atoms with E-state index in [4.69, 9.17) is 31.5 Å². The molecule has 0 saturated carbocycles. The van der Waals surface area contributed by atoms with Crippen LogP contribution in [0.1, 0.15) is 5.56 Å². The third-order valence-electron chi connectivity index (χ3n) is 4.70. The number of anilines is 2. The summed E-state index contributed by atoms with van der Waals surface area (Å²) < 4.78 is 18.3. The average Bonchev–Trinajstić information content (AvgIpc) is 3.13. The van der Waals surface area contributed by atoms with Gasteiger partial charge in [0.2, 0.25) is 5.88 Å². The highest BCUT2D eigenvalue weighted by Gasteiger charge is 2.16. The number of pyridine rings is 2. The number of nitrogens with one attached hydrogen (secondary N) is 1. The van der Waals surface area contributed by atoms with E-state index in [1.165, 1.54) is 6.20 Å². The van der Waals surface area contributed by atoms with Gasteiger partial charge < -0.3 is 25.3 Å². The Bertz CT molecular complexity index is 1230. The largest absolute Gasteiger partial charge is 0.497 e. The second-order valence-corrected chi connectivity index (χ2v) is 6.98. The molecule has 0 aliphatic rings. The van der Waals surface area contributed by atoms with Crippen LogP contribution in [0, 0.1) is 0 Å². The number of halogens is 1. The molecule has 0 spiro atoms. The van der Waals surface area contributed by atoms with E-state index in [-0.39, 0.29) is 5.82 Å². The number of hydrogen-bond acceptors (Lipinski definition) is 8. The second kappa shape index (κ2) is 8.57. The molecular weight excluding hydrogens is 420 g/mol. The Hall–Kier alpha value is -3.72. The van der Waals surface area contributed by atoms with Crippen molar-refractivity contribution in [2.45, 2.75) is 6.54 Å². The Morgan fingerprint density at radius 1 is 1.06 bits per heavy atom. The third kappa shape index (κ3) is 3.99. The van der Waals surface area contributed by atoms with Crippen molar-refractivity contribution in [2.24, 2.45) is 0 Å². The Balaban J connectivity index is 1.66. The maximum absolute atomic E-state index is 6.38. The number of hydrogen-bond donors (Lipinski definition) is 2. The highest BCUT2D eigenvalue weighted by molar-refractivity contribution is 6.35. The summed E-state index contributed by atoms with van der Waals surface area (Å²) in [6.07, 6.45) is 3.06. The number of benzene rings is 1. The molecule has 1 aromatic carbocycles. The first-order valence-electron chi connectivity index (χ1n) is 9.37. The smallest absolute Gasteiger partial charge is 0.242 e. The molecule has 3 N–H and O–H groups in total. The molecule has 3 aromatic heterocycles. The summed E-state index contributed by atoms with van der Waals surface area (Å²) >= 11 is 6.38. The summed E-state index contributed by atoms with van der Waals surface area (Å²) in [5.41, 5.74) is 8.04. The van der Waals surface area contributed by atoms with Gasteiger partial charge in [-0.1, -0.05) is 23.7 Å². The van der Waals surface area contributed by atoms with Crippen molar-refractivity contribution in [3.05, 3.63) is 53.3 Å². The van der Waals surface area contributed by atoms with E-state index >= 15 is 0 Å². The van der Waals surface area contributed by atoms with Crippen molar-refractivity contribution in [2.75, 3.05) is 32.3 Å². The van der Waals surface area contributed by atoms with Gasteiger partial charge in [-0.25, -0.2) is 14.6 Å². The Morgan fingerprint density at radius 2 is 1.84 bits per heavy atom. The van der Waals surface area contributed by atoms with Crippen molar-refractivity contribution in [1.29, 1.82) is 0 Å². The predicted molar refractivity (Wildman–Crippen MR) is 119 cm³/mol. The van der Waals surface area contributed by atoms with Gasteiger partial charge in [-0.2, -0.15) is 0 Å². The fourth-order valence-electron chi connectivity index (χ4n) is 3.15. The predicted octanol–water partition coefficient (Wildman–Crippen LogP) is 3.96. The minimum absolute atomic E-state index is 0.287. The molecule has 9 nitrogen and oxygen atoms in total. The van der Waals surface area contributed by atoms with Crippen LogP contribution in [-0.2, 0) is 6.54 Å². The molecule has 0 bridgehead atoms. The van der Waals surface area contributed by atoms with Gasteiger partial charge in [-0.3, -0.25) is 0 Å². The lowest BCUT2D eigenvalue weighted by Crippen LogP contribution is -2.03. The topological polar surface area (TPSA) is 109 Å². The van der Waals surface area contributed by atoms with Gasteiger partial charge in [0.15, 0.2) is 11.4 Å². The molecule has 0 radical (unpaired) electrons. The van der Waals surface area contributed by atoms with Crippen LogP contribution in [0.4, 0.5) is 11.5 Å². The van der Waals surface area contributed by atoms with Crippen LogP contribution in [0.3, 0.4) is 0 Å². The van der Waals surface area contributed by atoms with Crippen LogP contribution >= 0.6 is 11.6 Å². The standard InChI is InChI=1S/C21H21ClN6O3/c1-24-18-17(22)16(10-25-19(18)23)31-14-8-15-20(26-9-14)28(27-21(15)30-3)11-12-4-6-13(29-2)7-5-12/h4-10,24H,11H2,1-3H3,(H2,23,25). The van der Waals surface area contributed by atoms with Crippen LogP contribution in [0.15, 0.2) is 42.7 Å². The first-order valence-corrected chi connectivity index (χ1v) is 9.75.